The third-order valence-electron chi connectivity index (χ3n) is 9.27. The van der Waals surface area contributed by atoms with Crippen LogP contribution in [0.3, 0.4) is 0 Å². The van der Waals surface area contributed by atoms with Crippen molar-refractivity contribution in [1.29, 1.82) is 0 Å². The van der Waals surface area contributed by atoms with Crippen molar-refractivity contribution in [2.75, 3.05) is 6.54 Å². The van der Waals surface area contributed by atoms with Crippen LogP contribution in [0, 0.1) is 5.41 Å². The predicted molar refractivity (Wildman–Crippen MR) is 169 cm³/mol. The van der Waals surface area contributed by atoms with Gasteiger partial charge in [-0.1, -0.05) is 86.7 Å². The quantitative estimate of drug-likeness (QED) is 0.300. The lowest BCUT2D eigenvalue weighted by molar-refractivity contribution is 0.0949. The first-order valence-corrected chi connectivity index (χ1v) is 16.2. The summed E-state index contributed by atoms with van der Waals surface area (Å²) >= 11 is 12.3. The largest absolute Gasteiger partial charge is 0.348 e. The number of imidazole rings is 1. The van der Waals surface area contributed by atoms with E-state index in [1.165, 1.54) is 69.8 Å². The van der Waals surface area contributed by atoms with Crippen molar-refractivity contribution in [3.05, 3.63) is 87.4 Å². The molecule has 0 bridgehead atoms. The van der Waals surface area contributed by atoms with Gasteiger partial charge in [0.05, 0.1) is 16.4 Å². The minimum Gasteiger partial charge on any atom is -0.348 e. The summed E-state index contributed by atoms with van der Waals surface area (Å²) in [6, 6.07) is 12.5. The summed E-state index contributed by atoms with van der Waals surface area (Å²) in [5.74, 6) is 0.354. The average Bonchev–Trinajstić information content (AvgIpc) is 3.46. The van der Waals surface area contributed by atoms with Crippen LogP contribution in [0.4, 0.5) is 0 Å². The molecule has 1 aliphatic heterocycles. The van der Waals surface area contributed by atoms with Crippen LogP contribution in [0.15, 0.2) is 55.1 Å². The van der Waals surface area contributed by atoms with E-state index in [-0.39, 0.29) is 11.3 Å². The zero-order chi connectivity index (χ0) is 28.7. The molecule has 2 N–H and O–H groups in total. The number of hydrogen-bond acceptors (Lipinski definition) is 3. The fourth-order valence-corrected chi connectivity index (χ4v) is 7.33. The van der Waals surface area contributed by atoms with E-state index in [1.807, 2.05) is 30.7 Å². The highest BCUT2D eigenvalue weighted by Gasteiger charge is 2.42. The molecule has 7 heteroatoms. The van der Waals surface area contributed by atoms with Crippen LogP contribution in [-0.2, 0) is 13.1 Å². The Labute approximate surface area is 255 Å². The Morgan fingerprint density at radius 2 is 1.71 bits per heavy atom. The van der Waals surface area contributed by atoms with Crippen LogP contribution >= 0.6 is 23.2 Å². The number of piperidine rings is 1. The summed E-state index contributed by atoms with van der Waals surface area (Å²) in [4.78, 5) is 17.9. The first-order chi connectivity index (χ1) is 19.9. The van der Waals surface area contributed by atoms with Gasteiger partial charge in [0.15, 0.2) is 0 Å². The van der Waals surface area contributed by atoms with Crippen molar-refractivity contribution in [3.63, 3.8) is 0 Å². The zero-order valence-corrected chi connectivity index (χ0v) is 25.8. The monoisotopic (exact) mass is 594 g/mol. The van der Waals surface area contributed by atoms with Gasteiger partial charge >= 0.3 is 0 Å². The van der Waals surface area contributed by atoms with Gasteiger partial charge < -0.3 is 15.2 Å². The summed E-state index contributed by atoms with van der Waals surface area (Å²) in [6.45, 7) is 4.45. The molecule has 2 unspecified atom stereocenters. The number of benzene rings is 2. The third-order valence-corrected chi connectivity index (χ3v) is 10.0. The van der Waals surface area contributed by atoms with Gasteiger partial charge in [0, 0.05) is 43.6 Å². The highest BCUT2D eigenvalue weighted by Crippen LogP contribution is 2.49. The Bertz CT molecular complexity index is 1280. The third kappa shape index (κ3) is 7.94. The minimum absolute atomic E-state index is 0.0664. The van der Waals surface area contributed by atoms with Gasteiger partial charge in [-0.3, -0.25) is 4.79 Å². The number of carbonyl (C=O) groups excluding carboxylic acids is 1. The lowest BCUT2D eigenvalue weighted by Gasteiger charge is -2.48. The molecule has 1 amide bonds. The second-order valence-corrected chi connectivity index (χ2v) is 13.2. The average molecular weight is 596 g/mol. The maximum Gasteiger partial charge on any atom is 0.251 e. The molecule has 5 rings (SSSR count). The molecule has 41 heavy (non-hydrogen) atoms. The SMILES string of the molecule is CC1CC(c2cc(Cn3ccnc3)cc(C(=O)NCc3ccc(Cl)c(Cl)c3)c2)C2(CCCCCCCCCC2)CN1. The second kappa shape index (κ2) is 14.2. The molecule has 0 radical (unpaired) electrons. The Kier molecular flexibility index (Phi) is 10.4. The Morgan fingerprint density at radius 1 is 0.976 bits per heavy atom. The lowest BCUT2D eigenvalue weighted by atomic mass is 9.62. The van der Waals surface area contributed by atoms with Gasteiger partial charge in [0.25, 0.3) is 5.91 Å². The molecule has 1 spiro atoms. The topological polar surface area (TPSA) is 59.0 Å². The van der Waals surface area contributed by atoms with Crippen LogP contribution < -0.4 is 10.6 Å². The van der Waals surface area contributed by atoms with E-state index >= 15 is 0 Å². The first kappa shape index (κ1) is 30.1. The Hall–Kier alpha value is -2.34. The van der Waals surface area contributed by atoms with Crippen LogP contribution in [0.25, 0.3) is 0 Å². The van der Waals surface area contributed by atoms with Crippen molar-refractivity contribution in [3.8, 4) is 0 Å². The van der Waals surface area contributed by atoms with Crippen molar-refractivity contribution < 1.29 is 4.79 Å². The number of halogens is 2. The highest BCUT2D eigenvalue weighted by molar-refractivity contribution is 6.42. The zero-order valence-electron chi connectivity index (χ0n) is 24.3. The maximum atomic E-state index is 13.6. The minimum atomic E-state index is -0.0664. The van der Waals surface area contributed by atoms with E-state index in [2.05, 4.69) is 39.2 Å². The van der Waals surface area contributed by atoms with E-state index in [9.17, 15) is 4.79 Å². The summed E-state index contributed by atoms with van der Waals surface area (Å²) in [7, 11) is 0. The molecule has 2 aromatic carbocycles. The molecule has 2 atom stereocenters. The fourth-order valence-electron chi connectivity index (χ4n) is 7.01. The molecule has 1 saturated heterocycles. The van der Waals surface area contributed by atoms with Crippen LogP contribution in [0.1, 0.15) is 111 Å². The fraction of sp³-hybridized carbons (Fsp3) is 0.529. The molecular weight excluding hydrogens is 551 g/mol. The van der Waals surface area contributed by atoms with Crippen molar-refractivity contribution in [2.24, 2.45) is 5.41 Å². The highest BCUT2D eigenvalue weighted by atomic mass is 35.5. The van der Waals surface area contributed by atoms with E-state index < -0.39 is 0 Å². The molecule has 5 nitrogen and oxygen atoms in total. The number of amides is 1. The van der Waals surface area contributed by atoms with Gasteiger partial charge in [0.2, 0.25) is 0 Å². The van der Waals surface area contributed by atoms with Gasteiger partial charge in [-0.15, -0.1) is 0 Å². The molecular formula is C34H44Cl2N4O. The summed E-state index contributed by atoms with van der Waals surface area (Å²) < 4.78 is 2.07. The van der Waals surface area contributed by atoms with Crippen LogP contribution in [0.5, 0.6) is 0 Å². The molecule has 1 saturated carbocycles. The van der Waals surface area contributed by atoms with Crippen molar-refractivity contribution >= 4 is 29.1 Å². The normalized spacial score (nSPS) is 21.7. The van der Waals surface area contributed by atoms with E-state index in [0.717, 1.165) is 29.7 Å². The van der Waals surface area contributed by atoms with Crippen molar-refractivity contribution in [1.82, 2.24) is 20.2 Å². The number of nitrogens with zero attached hydrogens (tertiary/aromatic N) is 2. The predicted octanol–water partition coefficient (Wildman–Crippen LogP) is 8.53. The van der Waals surface area contributed by atoms with Gasteiger partial charge in [-0.25, -0.2) is 4.98 Å². The lowest BCUT2D eigenvalue weighted by Crippen LogP contribution is -2.49. The Balaban J connectivity index is 1.46. The van der Waals surface area contributed by atoms with Crippen LogP contribution in [0.2, 0.25) is 10.0 Å². The molecule has 3 aromatic rings. The van der Waals surface area contributed by atoms with Gasteiger partial charge in [-0.05, 0) is 78.5 Å². The molecule has 2 heterocycles. The Morgan fingerprint density at radius 3 is 2.39 bits per heavy atom. The number of rotatable bonds is 6. The number of nitrogens with one attached hydrogen (secondary N) is 2. The summed E-state index contributed by atoms with van der Waals surface area (Å²) in [5.41, 5.74) is 4.31. The van der Waals surface area contributed by atoms with Gasteiger partial charge in [0.1, 0.15) is 0 Å². The van der Waals surface area contributed by atoms with E-state index in [0.29, 0.717) is 35.1 Å². The van der Waals surface area contributed by atoms with Gasteiger partial charge in [-0.2, -0.15) is 0 Å². The standard InChI is InChI=1S/C34H44Cl2N4O/c1-25-16-30(34(23-39-25)12-8-6-4-2-3-5-7-9-13-34)28-17-27(22-40-15-14-37-24-40)18-29(20-28)33(41)38-21-26-10-11-31(35)32(36)19-26/h10-11,14-15,17-20,24-25,30,39H,2-9,12-13,16,21-23H2,1H3,(H,38,41). The molecule has 2 aliphatic rings. The van der Waals surface area contributed by atoms with Crippen LogP contribution in [-0.4, -0.2) is 28.0 Å². The number of aromatic nitrogens is 2. The molecule has 1 aliphatic carbocycles. The summed E-state index contributed by atoms with van der Waals surface area (Å²) in [5, 5.41) is 8.00. The molecule has 1 aromatic heterocycles. The number of hydrogen-bond donors (Lipinski definition) is 2. The smallest absolute Gasteiger partial charge is 0.251 e. The number of carbonyl (C=O) groups is 1. The molecule has 2 fully saturated rings. The van der Waals surface area contributed by atoms with E-state index in [4.69, 9.17) is 23.2 Å². The van der Waals surface area contributed by atoms with Crippen molar-refractivity contribution in [2.45, 2.75) is 103 Å². The summed E-state index contributed by atoms with van der Waals surface area (Å²) in [6.07, 6.45) is 19.9. The maximum absolute atomic E-state index is 13.6. The second-order valence-electron chi connectivity index (χ2n) is 12.4. The first-order valence-electron chi connectivity index (χ1n) is 15.5. The van der Waals surface area contributed by atoms with E-state index in [1.54, 1.807) is 12.3 Å². The molecule has 220 valence electrons.